The van der Waals surface area contributed by atoms with Gasteiger partial charge in [0.15, 0.2) is 0 Å². The summed E-state index contributed by atoms with van der Waals surface area (Å²) in [5, 5.41) is 0. The van der Waals surface area contributed by atoms with Crippen molar-refractivity contribution in [2.24, 2.45) is 0 Å². The predicted molar refractivity (Wildman–Crippen MR) is 88.2 cm³/mol. The Balaban J connectivity index is 2.23. The first-order valence-electron chi connectivity index (χ1n) is 7.18. The molecule has 6 heteroatoms. The minimum atomic E-state index is -3.54. The zero-order valence-electron chi connectivity index (χ0n) is 13.4. The number of benzene rings is 2. The minimum Gasteiger partial charge on any atom is -0.496 e. The summed E-state index contributed by atoms with van der Waals surface area (Å²) in [7, 11) is -0.451. The van der Waals surface area contributed by atoms with Crippen LogP contribution < -0.4 is 4.74 Å². The normalized spacial score (nSPS) is 13.1. The average Bonchev–Trinajstić information content (AvgIpc) is 2.55. The van der Waals surface area contributed by atoms with Gasteiger partial charge in [-0.25, -0.2) is 12.8 Å². The molecule has 124 valence electrons. The molecule has 4 nitrogen and oxygen atoms in total. The van der Waals surface area contributed by atoms with E-state index < -0.39 is 10.0 Å². The van der Waals surface area contributed by atoms with Crippen LogP contribution in [0.15, 0.2) is 48.5 Å². The lowest BCUT2D eigenvalue weighted by Crippen LogP contribution is -2.31. The van der Waals surface area contributed by atoms with E-state index in [9.17, 15) is 12.8 Å². The Kier molecular flexibility index (Phi) is 5.38. The van der Waals surface area contributed by atoms with Crippen molar-refractivity contribution >= 4 is 10.0 Å². The quantitative estimate of drug-likeness (QED) is 0.812. The zero-order chi connectivity index (χ0) is 17.0. The van der Waals surface area contributed by atoms with Crippen molar-refractivity contribution in [1.82, 2.24) is 4.31 Å². The van der Waals surface area contributed by atoms with Crippen LogP contribution in [0.3, 0.4) is 0 Å². The summed E-state index contributed by atoms with van der Waals surface area (Å²) in [5.74, 6) is 0.0780. The molecule has 0 saturated carbocycles. The molecule has 1 unspecified atom stereocenters. The van der Waals surface area contributed by atoms with E-state index in [0.717, 1.165) is 5.56 Å². The molecule has 0 spiro atoms. The van der Waals surface area contributed by atoms with E-state index in [1.165, 1.54) is 35.6 Å². The van der Waals surface area contributed by atoms with Gasteiger partial charge in [-0.2, -0.15) is 4.31 Å². The summed E-state index contributed by atoms with van der Waals surface area (Å²) in [6, 6.07) is 12.4. The summed E-state index contributed by atoms with van der Waals surface area (Å²) >= 11 is 0. The lowest BCUT2D eigenvalue weighted by atomic mass is 10.1. The number of ether oxygens (including phenoxy) is 1. The molecule has 0 aromatic heterocycles. The molecule has 1 atom stereocenters. The number of para-hydroxylation sites is 1. The first-order chi connectivity index (χ1) is 10.8. The van der Waals surface area contributed by atoms with Crippen molar-refractivity contribution < 1.29 is 17.5 Å². The van der Waals surface area contributed by atoms with Gasteiger partial charge in [0.1, 0.15) is 11.6 Å². The zero-order valence-corrected chi connectivity index (χ0v) is 14.2. The third-order valence-electron chi connectivity index (χ3n) is 3.84. The maximum atomic E-state index is 12.9. The van der Waals surface area contributed by atoms with E-state index in [0.29, 0.717) is 11.3 Å². The van der Waals surface area contributed by atoms with Crippen LogP contribution in [0.1, 0.15) is 24.1 Å². The van der Waals surface area contributed by atoms with E-state index in [1.807, 2.05) is 18.2 Å². The van der Waals surface area contributed by atoms with Gasteiger partial charge in [-0.05, 0) is 30.7 Å². The summed E-state index contributed by atoms with van der Waals surface area (Å²) < 4.78 is 44.7. The lowest BCUT2D eigenvalue weighted by Gasteiger charge is -2.26. The largest absolute Gasteiger partial charge is 0.496 e. The Morgan fingerprint density at radius 1 is 1.13 bits per heavy atom. The van der Waals surface area contributed by atoms with Crippen LogP contribution in [-0.4, -0.2) is 26.9 Å². The number of sulfonamides is 1. The van der Waals surface area contributed by atoms with E-state index in [4.69, 9.17) is 4.74 Å². The van der Waals surface area contributed by atoms with Gasteiger partial charge in [-0.3, -0.25) is 0 Å². The number of nitrogens with zero attached hydrogens (tertiary/aromatic N) is 1. The van der Waals surface area contributed by atoms with Crippen LogP contribution in [0.5, 0.6) is 5.75 Å². The molecule has 0 N–H and O–H groups in total. The summed E-state index contributed by atoms with van der Waals surface area (Å²) in [5.41, 5.74) is 1.34. The molecule has 0 fully saturated rings. The fourth-order valence-electron chi connectivity index (χ4n) is 2.34. The molecule has 2 aromatic rings. The number of methoxy groups -OCH3 is 1. The molecular formula is C17H20FNO3S. The topological polar surface area (TPSA) is 46.6 Å². The Morgan fingerprint density at radius 2 is 1.74 bits per heavy atom. The molecule has 0 heterocycles. The monoisotopic (exact) mass is 337 g/mol. The van der Waals surface area contributed by atoms with Gasteiger partial charge < -0.3 is 4.74 Å². The van der Waals surface area contributed by atoms with Gasteiger partial charge in [0.25, 0.3) is 0 Å². The third kappa shape index (κ3) is 4.09. The van der Waals surface area contributed by atoms with Gasteiger partial charge in [0, 0.05) is 12.6 Å². The van der Waals surface area contributed by atoms with Gasteiger partial charge in [-0.15, -0.1) is 0 Å². The highest BCUT2D eigenvalue weighted by atomic mass is 32.2. The number of rotatable bonds is 6. The van der Waals surface area contributed by atoms with E-state index in [1.54, 1.807) is 20.1 Å². The van der Waals surface area contributed by atoms with Crippen molar-refractivity contribution in [3.8, 4) is 5.75 Å². The molecular weight excluding hydrogens is 317 g/mol. The van der Waals surface area contributed by atoms with Crippen molar-refractivity contribution in [3.05, 3.63) is 65.5 Å². The van der Waals surface area contributed by atoms with Crippen LogP contribution in [0.4, 0.5) is 4.39 Å². The molecule has 0 amide bonds. The van der Waals surface area contributed by atoms with E-state index in [2.05, 4.69) is 0 Å². The first kappa shape index (κ1) is 17.4. The molecule has 0 radical (unpaired) electrons. The van der Waals surface area contributed by atoms with Crippen LogP contribution in [0, 0.1) is 5.82 Å². The smallest absolute Gasteiger partial charge is 0.218 e. The number of hydrogen-bond acceptors (Lipinski definition) is 3. The van der Waals surface area contributed by atoms with Crippen molar-refractivity contribution in [2.45, 2.75) is 18.7 Å². The van der Waals surface area contributed by atoms with Crippen molar-refractivity contribution in [1.29, 1.82) is 0 Å². The summed E-state index contributed by atoms with van der Waals surface area (Å²) in [4.78, 5) is 0. The van der Waals surface area contributed by atoms with Gasteiger partial charge in [0.05, 0.1) is 18.9 Å². The van der Waals surface area contributed by atoms with Crippen molar-refractivity contribution in [2.75, 3.05) is 14.2 Å². The molecule has 0 aliphatic carbocycles. The SMILES string of the molecule is COc1ccccc1C(C)N(C)S(=O)(=O)Cc1ccc(F)cc1. The minimum absolute atomic E-state index is 0.177. The highest BCUT2D eigenvalue weighted by molar-refractivity contribution is 7.88. The fraction of sp³-hybridized carbons (Fsp3) is 0.294. The molecule has 0 aliphatic heterocycles. The predicted octanol–water partition coefficient (Wildman–Crippen LogP) is 3.36. The van der Waals surface area contributed by atoms with Crippen LogP contribution >= 0.6 is 0 Å². The Labute approximate surface area is 136 Å². The van der Waals surface area contributed by atoms with E-state index >= 15 is 0 Å². The van der Waals surface area contributed by atoms with Crippen LogP contribution in [-0.2, 0) is 15.8 Å². The third-order valence-corrected chi connectivity index (χ3v) is 5.73. The second-order valence-corrected chi connectivity index (χ2v) is 7.35. The Morgan fingerprint density at radius 3 is 2.35 bits per heavy atom. The fourth-order valence-corrected chi connectivity index (χ4v) is 3.75. The van der Waals surface area contributed by atoms with Gasteiger partial charge >= 0.3 is 0 Å². The maximum absolute atomic E-state index is 12.9. The summed E-state index contributed by atoms with van der Waals surface area (Å²) in [6.45, 7) is 1.81. The Hall–Kier alpha value is -1.92. The Bertz CT molecular complexity index is 760. The molecule has 23 heavy (non-hydrogen) atoms. The van der Waals surface area contributed by atoms with Crippen LogP contribution in [0.2, 0.25) is 0 Å². The molecule has 2 rings (SSSR count). The standard InChI is InChI=1S/C17H20FNO3S/c1-13(16-6-4-5-7-17(16)22-3)19(2)23(20,21)12-14-8-10-15(18)11-9-14/h4-11,13H,12H2,1-3H3. The molecule has 2 aromatic carbocycles. The number of hydrogen-bond donors (Lipinski definition) is 0. The summed E-state index contributed by atoms with van der Waals surface area (Å²) in [6.07, 6.45) is 0. The van der Waals surface area contributed by atoms with Crippen molar-refractivity contribution in [3.63, 3.8) is 0 Å². The van der Waals surface area contributed by atoms with Gasteiger partial charge in [-0.1, -0.05) is 30.3 Å². The maximum Gasteiger partial charge on any atom is 0.218 e. The average molecular weight is 337 g/mol. The second kappa shape index (κ2) is 7.10. The lowest BCUT2D eigenvalue weighted by molar-refractivity contribution is 0.367. The highest BCUT2D eigenvalue weighted by Gasteiger charge is 2.26. The first-order valence-corrected chi connectivity index (χ1v) is 8.79. The van der Waals surface area contributed by atoms with Crippen LogP contribution in [0.25, 0.3) is 0 Å². The highest BCUT2D eigenvalue weighted by Crippen LogP contribution is 2.30. The molecule has 0 aliphatic rings. The molecule has 0 saturated heterocycles. The second-order valence-electron chi connectivity index (χ2n) is 5.32. The molecule has 0 bridgehead atoms. The van der Waals surface area contributed by atoms with E-state index in [-0.39, 0.29) is 17.6 Å². The number of halogens is 1. The van der Waals surface area contributed by atoms with Gasteiger partial charge in [0.2, 0.25) is 10.0 Å².